The second kappa shape index (κ2) is 4.24. The topological polar surface area (TPSA) is 42.6 Å². The zero-order valence-corrected chi connectivity index (χ0v) is 10.5. The number of rotatable bonds is 2. The molecule has 1 aliphatic heterocycles. The predicted molar refractivity (Wildman–Crippen MR) is 66.0 cm³/mol. The molecule has 0 atom stereocenters. The van der Waals surface area contributed by atoms with Gasteiger partial charge in [-0.25, -0.2) is 4.99 Å². The minimum Gasteiger partial charge on any atom is -0.369 e. The average Bonchev–Trinajstić information content (AvgIpc) is 2.69. The summed E-state index contributed by atoms with van der Waals surface area (Å²) in [6, 6.07) is 2.27. The molecular weight excluding hydrogens is 220 g/mol. The Labute approximate surface area is 99.4 Å². The van der Waals surface area contributed by atoms with Crippen LogP contribution in [-0.4, -0.2) is 37.3 Å². The summed E-state index contributed by atoms with van der Waals surface area (Å²) in [7, 11) is 5.91. The minimum atomic E-state index is 0.752. The molecule has 0 saturated carbocycles. The van der Waals surface area contributed by atoms with Gasteiger partial charge >= 0.3 is 0 Å². The predicted octanol–water partition coefficient (Wildman–Crippen LogP) is 1.79. The summed E-state index contributed by atoms with van der Waals surface area (Å²) >= 11 is 1.63. The van der Waals surface area contributed by atoms with E-state index in [1.165, 1.54) is 10.4 Å². The van der Waals surface area contributed by atoms with Crippen LogP contribution in [-0.2, 0) is 13.1 Å². The zero-order valence-electron chi connectivity index (χ0n) is 9.69. The highest BCUT2D eigenvalue weighted by atomic mass is 32.1. The molecule has 0 N–H and O–H groups in total. The smallest absolute Gasteiger partial charge is 0.136 e. The minimum absolute atomic E-state index is 0.752. The molecule has 0 spiro atoms. The molecule has 0 bridgehead atoms. The third-order valence-electron chi connectivity index (χ3n) is 2.43. The first kappa shape index (κ1) is 11.1. The van der Waals surface area contributed by atoms with Crippen molar-refractivity contribution >= 4 is 22.7 Å². The Morgan fingerprint density at radius 1 is 1.50 bits per heavy atom. The molecule has 0 fully saturated rings. The number of thiophene rings is 1. The van der Waals surface area contributed by atoms with Crippen molar-refractivity contribution in [3.8, 4) is 6.07 Å². The Kier molecular flexibility index (Phi) is 2.95. The molecule has 2 rings (SSSR count). The maximum absolute atomic E-state index is 9.17. The van der Waals surface area contributed by atoms with Crippen molar-refractivity contribution in [1.82, 2.24) is 9.80 Å². The highest BCUT2D eigenvalue weighted by molar-refractivity contribution is 7.16. The van der Waals surface area contributed by atoms with Gasteiger partial charge in [-0.15, -0.1) is 11.3 Å². The third kappa shape index (κ3) is 1.94. The van der Waals surface area contributed by atoms with Gasteiger partial charge in [-0.05, 0) is 7.05 Å². The van der Waals surface area contributed by atoms with Crippen molar-refractivity contribution in [3.63, 3.8) is 0 Å². The molecule has 84 valence electrons. The fraction of sp³-hybridized carbons (Fsp3) is 0.455. The van der Waals surface area contributed by atoms with Gasteiger partial charge in [0.15, 0.2) is 0 Å². The number of nitriles is 1. The van der Waals surface area contributed by atoms with Gasteiger partial charge in [0.05, 0.1) is 11.9 Å². The van der Waals surface area contributed by atoms with Gasteiger partial charge in [0.25, 0.3) is 0 Å². The standard InChI is InChI=1S/C11H14N4S/c1-14(2)7-13-11-8(4-12)9-5-15(3)6-10(9)16-11/h7H,5-6H2,1-3H3/b13-7+. The lowest BCUT2D eigenvalue weighted by molar-refractivity contribution is 0.354. The molecule has 2 heterocycles. The summed E-state index contributed by atoms with van der Waals surface area (Å²) < 4.78 is 0. The Morgan fingerprint density at radius 3 is 2.88 bits per heavy atom. The third-order valence-corrected chi connectivity index (χ3v) is 3.56. The first-order chi connectivity index (χ1) is 7.61. The van der Waals surface area contributed by atoms with Crippen LogP contribution >= 0.6 is 11.3 Å². The van der Waals surface area contributed by atoms with E-state index in [0.717, 1.165) is 23.7 Å². The van der Waals surface area contributed by atoms with Crippen LogP contribution < -0.4 is 0 Å². The van der Waals surface area contributed by atoms with Crippen molar-refractivity contribution in [3.05, 3.63) is 16.0 Å². The van der Waals surface area contributed by atoms with Crippen LogP contribution in [0.15, 0.2) is 4.99 Å². The van der Waals surface area contributed by atoms with E-state index < -0.39 is 0 Å². The Hall–Kier alpha value is -1.38. The summed E-state index contributed by atoms with van der Waals surface area (Å²) in [6.45, 7) is 1.80. The van der Waals surface area contributed by atoms with Gasteiger partial charge in [-0.3, -0.25) is 4.90 Å². The molecule has 4 nitrogen and oxygen atoms in total. The summed E-state index contributed by atoms with van der Waals surface area (Å²) in [6.07, 6.45) is 1.74. The lowest BCUT2D eigenvalue weighted by Gasteiger charge is -2.05. The Morgan fingerprint density at radius 2 is 2.25 bits per heavy atom. The van der Waals surface area contributed by atoms with Crippen molar-refractivity contribution in [2.75, 3.05) is 21.1 Å². The second-order valence-electron chi connectivity index (χ2n) is 4.18. The normalized spacial score (nSPS) is 15.4. The summed E-state index contributed by atoms with van der Waals surface area (Å²) in [4.78, 5) is 9.71. The molecule has 0 radical (unpaired) electrons. The van der Waals surface area contributed by atoms with Gasteiger partial charge in [0, 0.05) is 37.6 Å². The van der Waals surface area contributed by atoms with E-state index in [1.54, 1.807) is 17.7 Å². The molecule has 16 heavy (non-hydrogen) atoms. The molecule has 0 amide bonds. The highest BCUT2D eigenvalue weighted by Crippen LogP contribution is 2.39. The maximum Gasteiger partial charge on any atom is 0.136 e. The number of aliphatic imine (C=N–C) groups is 1. The van der Waals surface area contributed by atoms with Crippen molar-refractivity contribution in [2.45, 2.75) is 13.1 Å². The van der Waals surface area contributed by atoms with Gasteiger partial charge in [-0.2, -0.15) is 5.26 Å². The molecule has 0 saturated heterocycles. The van der Waals surface area contributed by atoms with Crippen molar-refractivity contribution < 1.29 is 0 Å². The maximum atomic E-state index is 9.17. The van der Waals surface area contributed by atoms with Gasteiger partial charge < -0.3 is 4.90 Å². The van der Waals surface area contributed by atoms with Crippen LogP contribution in [0.2, 0.25) is 0 Å². The molecule has 1 aliphatic rings. The van der Waals surface area contributed by atoms with E-state index in [-0.39, 0.29) is 0 Å². The quantitative estimate of drug-likeness (QED) is 0.578. The summed E-state index contributed by atoms with van der Waals surface area (Å²) in [5.74, 6) is 0. The first-order valence-electron chi connectivity index (χ1n) is 5.05. The summed E-state index contributed by atoms with van der Waals surface area (Å²) in [5.41, 5.74) is 1.92. The first-order valence-corrected chi connectivity index (χ1v) is 5.87. The van der Waals surface area contributed by atoms with E-state index in [9.17, 15) is 5.26 Å². The van der Waals surface area contributed by atoms with Crippen LogP contribution in [0.5, 0.6) is 0 Å². The molecule has 0 aliphatic carbocycles. The lowest BCUT2D eigenvalue weighted by Crippen LogP contribution is -2.08. The molecule has 1 aromatic rings. The van der Waals surface area contributed by atoms with Crippen LogP contribution in [0.25, 0.3) is 0 Å². The van der Waals surface area contributed by atoms with E-state index in [2.05, 4.69) is 23.0 Å². The van der Waals surface area contributed by atoms with Gasteiger partial charge in [0.2, 0.25) is 0 Å². The number of hydrogen-bond acceptors (Lipinski definition) is 4. The van der Waals surface area contributed by atoms with Gasteiger partial charge in [-0.1, -0.05) is 0 Å². The monoisotopic (exact) mass is 234 g/mol. The zero-order chi connectivity index (χ0) is 11.7. The van der Waals surface area contributed by atoms with E-state index in [1.807, 2.05) is 19.0 Å². The van der Waals surface area contributed by atoms with E-state index in [0.29, 0.717) is 0 Å². The number of nitrogens with zero attached hydrogens (tertiary/aromatic N) is 4. The molecular formula is C11H14N4S. The molecule has 5 heteroatoms. The highest BCUT2D eigenvalue weighted by Gasteiger charge is 2.24. The lowest BCUT2D eigenvalue weighted by atomic mass is 10.2. The molecule has 1 aromatic heterocycles. The van der Waals surface area contributed by atoms with Crippen molar-refractivity contribution in [2.24, 2.45) is 4.99 Å². The van der Waals surface area contributed by atoms with Crippen LogP contribution in [0, 0.1) is 11.3 Å². The van der Waals surface area contributed by atoms with Crippen LogP contribution in [0.3, 0.4) is 0 Å². The van der Waals surface area contributed by atoms with Crippen LogP contribution in [0.4, 0.5) is 5.00 Å². The summed E-state index contributed by atoms with van der Waals surface area (Å²) in [5, 5.41) is 10.0. The largest absolute Gasteiger partial charge is 0.369 e. The average molecular weight is 234 g/mol. The van der Waals surface area contributed by atoms with Crippen LogP contribution in [0.1, 0.15) is 16.0 Å². The SMILES string of the molecule is CN(C)/C=N/c1sc2c(c1C#N)CN(C)C2. The van der Waals surface area contributed by atoms with E-state index in [4.69, 9.17) is 0 Å². The number of hydrogen-bond donors (Lipinski definition) is 0. The fourth-order valence-corrected chi connectivity index (χ4v) is 2.92. The Balaban J connectivity index is 2.36. The van der Waals surface area contributed by atoms with E-state index >= 15 is 0 Å². The van der Waals surface area contributed by atoms with Crippen molar-refractivity contribution in [1.29, 1.82) is 5.26 Å². The second-order valence-corrected chi connectivity index (χ2v) is 5.26. The molecule has 0 aromatic carbocycles. The molecule has 0 unspecified atom stereocenters. The Bertz CT molecular complexity index is 467. The fourth-order valence-electron chi connectivity index (χ4n) is 1.74. The van der Waals surface area contributed by atoms with Gasteiger partial charge in [0.1, 0.15) is 11.1 Å². The number of fused-ring (bicyclic) bond motifs is 1.